The lowest BCUT2D eigenvalue weighted by Gasteiger charge is -2.11. The van der Waals surface area contributed by atoms with Crippen LogP contribution >= 0.6 is 15.9 Å². The van der Waals surface area contributed by atoms with Gasteiger partial charge in [-0.25, -0.2) is 4.68 Å². The highest BCUT2D eigenvalue weighted by Crippen LogP contribution is 2.25. The number of ketones is 1. The molecule has 0 aliphatic carbocycles. The topological polar surface area (TPSA) is 52.7 Å². The molecule has 0 amide bonds. The van der Waals surface area contributed by atoms with Crippen molar-refractivity contribution < 1.29 is 4.79 Å². The lowest BCUT2D eigenvalue weighted by atomic mass is 10.1. The van der Waals surface area contributed by atoms with E-state index >= 15 is 0 Å². The molecule has 0 saturated carbocycles. The van der Waals surface area contributed by atoms with E-state index in [1.807, 2.05) is 83.6 Å². The Bertz CT molecular complexity index is 1330. The second-order valence-electron chi connectivity index (χ2n) is 6.58. The summed E-state index contributed by atoms with van der Waals surface area (Å²) in [5.74, 6) is 0.0171. The molecule has 6 heteroatoms. The van der Waals surface area contributed by atoms with Crippen LogP contribution in [-0.2, 0) is 6.54 Å². The third kappa shape index (κ3) is 2.82. The summed E-state index contributed by atoms with van der Waals surface area (Å²) in [5.41, 5.74) is 4.01. The summed E-state index contributed by atoms with van der Waals surface area (Å²) in [7, 11) is 0. The first-order chi connectivity index (χ1) is 13.7. The van der Waals surface area contributed by atoms with Crippen LogP contribution in [0.2, 0.25) is 0 Å². The van der Waals surface area contributed by atoms with E-state index in [4.69, 9.17) is 0 Å². The molecule has 5 aromatic rings. The fourth-order valence-corrected chi connectivity index (χ4v) is 3.83. The molecule has 0 aliphatic heterocycles. The second kappa shape index (κ2) is 6.73. The average molecular weight is 431 g/mol. The number of rotatable bonds is 4. The molecule has 0 bridgehead atoms. The number of Topliss-reactive ketones (excluding diaryl/α,β-unsaturated/α-hetero) is 1. The van der Waals surface area contributed by atoms with Crippen molar-refractivity contribution in [2.24, 2.45) is 0 Å². The van der Waals surface area contributed by atoms with E-state index in [1.165, 1.54) is 0 Å². The summed E-state index contributed by atoms with van der Waals surface area (Å²) in [4.78, 5) is 13.2. The molecule has 5 nitrogen and oxygen atoms in total. The van der Waals surface area contributed by atoms with Crippen LogP contribution in [0, 0.1) is 0 Å². The molecule has 3 aromatic carbocycles. The van der Waals surface area contributed by atoms with E-state index in [9.17, 15) is 4.79 Å². The van der Waals surface area contributed by atoms with Gasteiger partial charge in [0.1, 0.15) is 5.52 Å². The molecule has 0 N–H and O–H groups in total. The molecule has 2 heterocycles. The van der Waals surface area contributed by atoms with Gasteiger partial charge in [0.05, 0.1) is 17.7 Å². The minimum absolute atomic E-state index is 0.0171. The van der Waals surface area contributed by atoms with Gasteiger partial charge >= 0.3 is 0 Å². The Morgan fingerprint density at radius 1 is 0.929 bits per heavy atom. The van der Waals surface area contributed by atoms with Crippen LogP contribution in [0.1, 0.15) is 10.4 Å². The molecule has 0 atom stereocenters. The summed E-state index contributed by atoms with van der Waals surface area (Å²) < 4.78 is 4.58. The number of hydrogen-bond donors (Lipinski definition) is 0. The lowest BCUT2D eigenvalue weighted by molar-refractivity contribution is 0.0973. The molecule has 0 radical (unpaired) electrons. The maximum absolute atomic E-state index is 13.2. The van der Waals surface area contributed by atoms with Gasteiger partial charge in [0.25, 0.3) is 0 Å². The zero-order chi connectivity index (χ0) is 19.1. The van der Waals surface area contributed by atoms with Crippen LogP contribution in [0.5, 0.6) is 0 Å². The van der Waals surface area contributed by atoms with Crippen molar-refractivity contribution in [2.45, 2.75) is 6.54 Å². The number of halogens is 1. The number of nitrogens with zero attached hydrogens (tertiary/aromatic N) is 4. The highest BCUT2D eigenvalue weighted by Gasteiger charge is 2.17. The number of hydrogen-bond acceptors (Lipinski definition) is 3. The number of carbonyl (C=O) groups excluding carboxylic acids is 1. The highest BCUT2D eigenvalue weighted by atomic mass is 79.9. The van der Waals surface area contributed by atoms with Crippen molar-refractivity contribution in [1.29, 1.82) is 0 Å². The van der Waals surface area contributed by atoms with Crippen LogP contribution in [0.4, 0.5) is 0 Å². The SMILES string of the molecule is O=C(Cn1ccc2ccccc21)c1ccc(Br)cc1-n1nnc2ccccc21. The quantitative estimate of drug-likeness (QED) is 0.376. The van der Waals surface area contributed by atoms with Gasteiger partial charge < -0.3 is 4.57 Å². The zero-order valence-corrected chi connectivity index (χ0v) is 16.4. The van der Waals surface area contributed by atoms with Crippen LogP contribution in [0.15, 0.2) is 83.5 Å². The zero-order valence-electron chi connectivity index (χ0n) is 14.8. The summed E-state index contributed by atoms with van der Waals surface area (Å²) in [6, 6.07) is 23.4. The van der Waals surface area contributed by atoms with Crippen LogP contribution in [0.25, 0.3) is 27.6 Å². The predicted octanol–water partition coefficient (Wildman–Crippen LogP) is 5.02. The Morgan fingerprint density at radius 2 is 1.71 bits per heavy atom. The van der Waals surface area contributed by atoms with Crippen molar-refractivity contribution in [3.8, 4) is 5.69 Å². The number of para-hydroxylation sites is 2. The highest BCUT2D eigenvalue weighted by molar-refractivity contribution is 9.10. The van der Waals surface area contributed by atoms with E-state index in [0.29, 0.717) is 11.3 Å². The molecule has 0 saturated heterocycles. The van der Waals surface area contributed by atoms with Gasteiger partial charge in [0.15, 0.2) is 5.78 Å². The van der Waals surface area contributed by atoms with Gasteiger partial charge in [-0.15, -0.1) is 5.10 Å². The van der Waals surface area contributed by atoms with E-state index in [-0.39, 0.29) is 12.3 Å². The van der Waals surface area contributed by atoms with Crippen LogP contribution < -0.4 is 0 Å². The van der Waals surface area contributed by atoms with Crippen LogP contribution in [0.3, 0.4) is 0 Å². The smallest absolute Gasteiger partial charge is 0.184 e. The van der Waals surface area contributed by atoms with E-state index in [0.717, 1.165) is 26.4 Å². The first kappa shape index (κ1) is 16.9. The molecular formula is C22H15BrN4O. The monoisotopic (exact) mass is 430 g/mol. The maximum Gasteiger partial charge on any atom is 0.184 e. The molecule has 0 aliphatic rings. The first-order valence-corrected chi connectivity index (χ1v) is 9.67. The summed E-state index contributed by atoms with van der Waals surface area (Å²) >= 11 is 3.51. The van der Waals surface area contributed by atoms with Crippen molar-refractivity contribution in [1.82, 2.24) is 19.6 Å². The first-order valence-electron chi connectivity index (χ1n) is 8.88. The van der Waals surface area contributed by atoms with E-state index in [1.54, 1.807) is 4.68 Å². The number of carbonyl (C=O) groups is 1. The minimum Gasteiger partial charge on any atom is -0.340 e. The van der Waals surface area contributed by atoms with E-state index in [2.05, 4.69) is 26.2 Å². The van der Waals surface area contributed by atoms with Crippen molar-refractivity contribution >= 4 is 43.6 Å². The van der Waals surface area contributed by atoms with Gasteiger partial charge in [-0.05, 0) is 47.9 Å². The lowest BCUT2D eigenvalue weighted by Crippen LogP contribution is -2.13. The van der Waals surface area contributed by atoms with Gasteiger partial charge in [0, 0.05) is 21.7 Å². The van der Waals surface area contributed by atoms with Crippen molar-refractivity contribution in [2.75, 3.05) is 0 Å². The largest absolute Gasteiger partial charge is 0.340 e. The van der Waals surface area contributed by atoms with Gasteiger partial charge in [-0.1, -0.05) is 51.5 Å². The summed E-state index contributed by atoms with van der Waals surface area (Å²) in [5, 5.41) is 9.63. The Hall–Kier alpha value is -3.25. The van der Waals surface area contributed by atoms with Crippen LogP contribution in [-0.4, -0.2) is 25.3 Å². The average Bonchev–Trinajstić information content (AvgIpc) is 3.32. The Morgan fingerprint density at radius 3 is 2.61 bits per heavy atom. The molecule has 0 spiro atoms. The Balaban J connectivity index is 1.59. The minimum atomic E-state index is 0.0171. The molecule has 2 aromatic heterocycles. The maximum atomic E-state index is 13.2. The predicted molar refractivity (Wildman–Crippen MR) is 113 cm³/mol. The third-order valence-electron chi connectivity index (χ3n) is 4.83. The fraction of sp³-hybridized carbons (Fsp3) is 0.0455. The molecule has 0 fully saturated rings. The van der Waals surface area contributed by atoms with Gasteiger partial charge in [-0.2, -0.15) is 0 Å². The second-order valence-corrected chi connectivity index (χ2v) is 7.49. The Labute approximate surface area is 169 Å². The standard InChI is InChI=1S/C22H15BrN4O/c23-16-9-10-17(21(13-16)27-20-8-4-2-6-18(20)24-25-27)22(28)14-26-12-11-15-5-1-3-7-19(15)26/h1-13H,14H2. The molecule has 5 rings (SSSR count). The van der Waals surface area contributed by atoms with Gasteiger partial charge in [0.2, 0.25) is 0 Å². The van der Waals surface area contributed by atoms with Crippen molar-refractivity contribution in [3.05, 3.63) is 89.0 Å². The number of fused-ring (bicyclic) bond motifs is 2. The van der Waals surface area contributed by atoms with Crippen molar-refractivity contribution in [3.63, 3.8) is 0 Å². The molecular weight excluding hydrogens is 416 g/mol. The summed E-state index contributed by atoms with van der Waals surface area (Å²) in [6.07, 6.45) is 1.95. The summed E-state index contributed by atoms with van der Waals surface area (Å²) in [6.45, 7) is 0.259. The molecule has 136 valence electrons. The normalized spacial score (nSPS) is 11.3. The number of benzene rings is 3. The molecule has 28 heavy (non-hydrogen) atoms. The molecule has 0 unspecified atom stereocenters. The third-order valence-corrected chi connectivity index (χ3v) is 5.33. The fourth-order valence-electron chi connectivity index (χ4n) is 3.48. The number of aromatic nitrogens is 4. The van der Waals surface area contributed by atoms with Gasteiger partial charge in [-0.3, -0.25) is 4.79 Å². The Kier molecular flexibility index (Phi) is 4.06. The van der Waals surface area contributed by atoms with E-state index < -0.39 is 0 Å².